The Labute approximate surface area is 115 Å². The summed E-state index contributed by atoms with van der Waals surface area (Å²) in [5, 5.41) is 16.5. The fourth-order valence-corrected chi connectivity index (χ4v) is 2.38. The zero-order valence-corrected chi connectivity index (χ0v) is 11.6. The van der Waals surface area contributed by atoms with Gasteiger partial charge >= 0.3 is 0 Å². The van der Waals surface area contributed by atoms with Gasteiger partial charge in [-0.1, -0.05) is 4.49 Å². The van der Waals surface area contributed by atoms with Crippen molar-refractivity contribution in [3.8, 4) is 0 Å². The first-order valence-electron chi connectivity index (χ1n) is 5.96. The molecule has 2 heterocycles. The number of amides is 1. The second kappa shape index (κ2) is 5.94. The van der Waals surface area contributed by atoms with E-state index in [-0.39, 0.29) is 5.91 Å². The SMILES string of the molecule is Cc1nnsc1C(=O)NCCC(O)c1cccn1C. The van der Waals surface area contributed by atoms with E-state index >= 15 is 0 Å². The van der Waals surface area contributed by atoms with E-state index in [1.165, 1.54) is 0 Å². The molecular formula is C12H16N4O2S. The Morgan fingerprint density at radius 2 is 2.42 bits per heavy atom. The highest BCUT2D eigenvalue weighted by molar-refractivity contribution is 7.07. The van der Waals surface area contributed by atoms with E-state index in [0.717, 1.165) is 17.2 Å². The van der Waals surface area contributed by atoms with E-state index < -0.39 is 6.10 Å². The number of carbonyl (C=O) groups is 1. The minimum atomic E-state index is -0.582. The molecule has 0 aliphatic carbocycles. The van der Waals surface area contributed by atoms with Crippen molar-refractivity contribution in [3.63, 3.8) is 0 Å². The van der Waals surface area contributed by atoms with Crippen LogP contribution in [0, 0.1) is 6.92 Å². The number of hydrogen-bond acceptors (Lipinski definition) is 5. The average Bonchev–Trinajstić information content (AvgIpc) is 2.97. The summed E-state index contributed by atoms with van der Waals surface area (Å²) >= 11 is 1.08. The fourth-order valence-electron chi connectivity index (χ4n) is 1.81. The van der Waals surface area contributed by atoms with E-state index in [1.807, 2.05) is 29.9 Å². The predicted molar refractivity (Wildman–Crippen MR) is 72.0 cm³/mol. The van der Waals surface area contributed by atoms with Crippen LogP contribution in [0.4, 0.5) is 0 Å². The molecule has 19 heavy (non-hydrogen) atoms. The molecule has 102 valence electrons. The topological polar surface area (TPSA) is 80.0 Å². The van der Waals surface area contributed by atoms with Crippen LogP contribution in [0.25, 0.3) is 0 Å². The largest absolute Gasteiger partial charge is 0.387 e. The highest BCUT2D eigenvalue weighted by Gasteiger charge is 2.14. The summed E-state index contributed by atoms with van der Waals surface area (Å²) in [4.78, 5) is 12.3. The van der Waals surface area contributed by atoms with Crippen molar-refractivity contribution in [1.29, 1.82) is 0 Å². The van der Waals surface area contributed by atoms with Gasteiger partial charge < -0.3 is 15.0 Å². The molecule has 0 radical (unpaired) electrons. The molecule has 0 aliphatic rings. The lowest BCUT2D eigenvalue weighted by Gasteiger charge is -2.12. The third-order valence-electron chi connectivity index (χ3n) is 2.89. The molecule has 0 saturated carbocycles. The maximum absolute atomic E-state index is 11.8. The molecule has 2 N–H and O–H groups in total. The van der Waals surface area contributed by atoms with Gasteiger partial charge in [0.15, 0.2) is 0 Å². The summed E-state index contributed by atoms with van der Waals surface area (Å²) in [6.45, 7) is 2.15. The summed E-state index contributed by atoms with van der Waals surface area (Å²) in [5.41, 5.74) is 1.47. The number of hydrogen-bond donors (Lipinski definition) is 2. The number of aliphatic hydroxyl groups is 1. The quantitative estimate of drug-likeness (QED) is 0.857. The minimum Gasteiger partial charge on any atom is -0.387 e. The van der Waals surface area contributed by atoms with E-state index in [0.29, 0.717) is 23.5 Å². The zero-order chi connectivity index (χ0) is 13.8. The standard InChI is InChI=1S/C12H16N4O2S/c1-8-11(19-15-14-8)12(18)13-6-5-10(17)9-4-3-7-16(9)2/h3-4,7,10,17H,5-6H2,1-2H3,(H,13,18). The molecule has 7 heteroatoms. The first-order valence-corrected chi connectivity index (χ1v) is 6.73. The Morgan fingerprint density at radius 3 is 3.00 bits per heavy atom. The van der Waals surface area contributed by atoms with E-state index in [2.05, 4.69) is 14.9 Å². The first kappa shape index (κ1) is 13.7. The highest BCUT2D eigenvalue weighted by Crippen LogP contribution is 2.16. The third-order valence-corrected chi connectivity index (χ3v) is 3.71. The zero-order valence-electron chi connectivity index (χ0n) is 10.8. The van der Waals surface area contributed by atoms with Gasteiger partial charge in [-0.25, -0.2) is 0 Å². The van der Waals surface area contributed by atoms with Gasteiger partial charge in [0.2, 0.25) is 0 Å². The second-order valence-electron chi connectivity index (χ2n) is 4.29. The van der Waals surface area contributed by atoms with E-state index in [9.17, 15) is 9.90 Å². The molecule has 0 saturated heterocycles. The minimum absolute atomic E-state index is 0.188. The van der Waals surface area contributed by atoms with Gasteiger partial charge in [0, 0.05) is 25.5 Å². The molecule has 6 nitrogen and oxygen atoms in total. The van der Waals surface area contributed by atoms with Gasteiger partial charge in [-0.05, 0) is 37.0 Å². The molecule has 0 fully saturated rings. The van der Waals surface area contributed by atoms with Crippen LogP contribution in [0.15, 0.2) is 18.3 Å². The normalized spacial score (nSPS) is 12.4. The van der Waals surface area contributed by atoms with Gasteiger partial charge in [0.25, 0.3) is 5.91 Å². The lowest BCUT2D eigenvalue weighted by atomic mass is 10.2. The molecule has 1 amide bonds. The van der Waals surface area contributed by atoms with Crippen LogP contribution in [0.2, 0.25) is 0 Å². The Balaban J connectivity index is 1.83. The van der Waals surface area contributed by atoms with Crippen LogP contribution < -0.4 is 5.32 Å². The van der Waals surface area contributed by atoms with Crippen LogP contribution in [0.1, 0.15) is 33.6 Å². The predicted octanol–water partition coefficient (Wildman–Crippen LogP) is 1.04. The Kier molecular flexibility index (Phi) is 4.28. The molecule has 0 aromatic carbocycles. The third kappa shape index (κ3) is 3.18. The Bertz CT molecular complexity index is 564. The summed E-state index contributed by atoms with van der Waals surface area (Å²) in [7, 11) is 1.88. The average molecular weight is 280 g/mol. The first-order chi connectivity index (χ1) is 9.09. The van der Waals surface area contributed by atoms with Crippen LogP contribution in [0.5, 0.6) is 0 Å². The lowest BCUT2D eigenvalue weighted by Crippen LogP contribution is -2.25. The number of aliphatic hydroxyl groups excluding tert-OH is 1. The van der Waals surface area contributed by atoms with Crippen molar-refractivity contribution in [2.24, 2.45) is 7.05 Å². The summed E-state index contributed by atoms with van der Waals surface area (Å²) in [5.74, 6) is -0.188. The Morgan fingerprint density at radius 1 is 1.63 bits per heavy atom. The molecule has 0 spiro atoms. The molecular weight excluding hydrogens is 264 g/mol. The molecule has 2 aromatic rings. The van der Waals surface area contributed by atoms with Crippen molar-refractivity contribution in [2.75, 3.05) is 6.54 Å². The molecule has 0 bridgehead atoms. The van der Waals surface area contributed by atoms with Crippen LogP contribution in [-0.2, 0) is 7.05 Å². The second-order valence-corrected chi connectivity index (χ2v) is 5.05. The number of aryl methyl sites for hydroxylation is 2. The number of rotatable bonds is 5. The van der Waals surface area contributed by atoms with Crippen molar-refractivity contribution in [3.05, 3.63) is 34.6 Å². The molecule has 1 atom stereocenters. The monoisotopic (exact) mass is 280 g/mol. The van der Waals surface area contributed by atoms with Gasteiger partial charge in [0.05, 0.1) is 11.8 Å². The lowest BCUT2D eigenvalue weighted by molar-refractivity contribution is 0.0944. The Hall–Kier alpha value is -1.73. The van der Waals surface area contributed by atoms with E-state index in [4.69, 9.17) is 0 Å². The van der Waals surface area contributed by atoms with Crippen molar-refractivity contribution in [1.82, 2.24) is 19.5 Å². The summed E-state index contributed by atoms with van der Waals surface area (Å²) in [6, 6.07) is 3.74. The molecule has 1 unspecified atom stereocenters. The van der Waals surface area contributed by atoms with Gasteiger partial charge in [-0.2, -0.15) is 0 Å². The maximum atomic E-state index is 11.8. The number of carbonyl (C=O) groups excluding carboxylic acids is 1. The van der Waals surface area contributed by atoms with Crippen molar-refractivity contribution in [2.45, 2.75) is 19.4 Å². The number of nitrogens with one attached hydrogen (secondary N) is 1. The maximum Gasteiger partial charge on any atom is 0.264 e. The van der Waals surface area contributed by atoms with Gasteiger partial charge in [-0.3, -0.25) is 4.79 Å². The van der Waals surface area contributed by atoms with Crippen LogP contribution >= 0.6 is 11.5 Å². The number of aromatic nitrogens is 3. The van der Waals surface area contributed by atoms with Crippen LogP contribution in [0.3, 0.4) is 0 Å². The van der Waals surface area contributed by atoms with Crippen molar-refractivity contribution >= 4 is 17.4 Å². The fraction of sp³-hybridized carbons (Fsp3) is 0.417. The molecule has 0 aliphatic heterocycles. The van der Waals surface area contributed by atoms with Gasteiger partial charge in [-0.15, -0.1) is 5.10 Å². The summed E-state index contributed by atoms with van der Waals surface area (Å²) < 4.78 is 5.58. The van der Waals surface area contributed by atoms with E-state index in [1.54, 1.807) is 6.92 Å². The van der Waals surface area contributed by atoms with Crippen molar-refractivity contribution < 1.29 is 9.90 Å². The highest BCUT2D eigenvalue weighted by atomic mass is 32.1. The smallest absolute Gasteiger partial charge is 0.264 e. The number of nitrogens with zero attached hydrogens (tertiary/aromatic N) is 3. The molecule has 2 aromatic heterocycles. The summed E-state index contributed by atoms with van der Waals surface area (Å²) in [6.07, 6.45) is 1.76. The van der Waals surface area contributed by atoms with Gasteiger partial charge in [0.1, 0.15) is 4.88 Å². The molecule has 2 rings (SSSR count). The van der Waals surface area contributed by atoms with Crippen LogP contribution in [-0.4, -0.2) is 31.7 Å².